The average molecular weight is 194 g/mol. The van der Waals surface area contributed by atoms with E-state index in [1.807, 2.05) is 0 Å². The standard InChI is InChI=1S/C10H10O4/c1-7(11)14-9-5-3-2-4-8(6-9)10(12)13/h2-5H,6H2,1H3,(H,12,13). The molecule has 0 atom stereocenters. The van der Waals surface area contributed by atoms with Crippen molar-refractivity contribution in [2.45, 2.75) is 13.3 Å². The normalized spacial score (nSPS) is 15.2. The average Bonchev–Trinajstić information content (AvgIpc) is 2.28. The van der Waals surface area contributed by atoms with Crippen LogP contribution in [0.25, 0.3) is 0 Å². The summed E-state index contributed by atoms with van der Waals surface area (Å²) in [6, 6.07) is 0. The Bertz CT molecular complexity index is 347. The van der Waals surface area contributed by atoms with Gasteiger partial charge in [0, 0.05) is 18.9 Å². The van der Waals surface area contributed by atoms with E-state index in [-0.39, 0.29) is 12.0 Å². The number of carbonyl (C=O) groups is 2. The van der Waals surface area contributed by atoms with Crippen LogP contribution >= 0.6 is 0 Å². The Morgan fingerprint density at radius 1 is 1.36 bits per heavy atom. The van der Waals surface area contributed by atoms with Gasteiger partial charge in [-0.2, -0.15) is 0 Å². The Balaban J connectivity index is 2.78. The number of aliphatic carboxylic acids is 1. The number of carboxylic acid groups (broad SMARTS) is 1. The van der Waals surface area contributed by atoms with Gasteiger partial charge in [-0.15, -0.1) is 0 Å². The Morgan fingerprint density at radius 3 is 2.57 bits per heavy atom. The molecule has 0 unspecified atom stereocenters. The molecule has 0 spiro atoms. The highest BCUT2D eigenvalue weighted by molar-refractivity contribution is 5.87. The molecule has 0 bridgehead atoms. The molecule has 4 nitrogen and oxygen atoms in total. The Morgan fingerprint density at radius 2 is 2.00 bits per heavy atom. The topological polar surface area (TPSA) is 63.6 Å². The van der Waals surface area contributed by atoms with Crippen LogP contribution in [0.2, 0.25) is 0 Å². The number of carbonyl (C=O) groups excluding carboxylic acids is 1. The lowest BCUT2D eigenvalue weighted by Gasteiger charge is -2.05. The van der Waals surface area contributed by atoms with E-state index in [2.05, 4.69) is 0 Å². The highest BCUT2D eigenvalue weighted by Crippen LogP contribution is 2.16. The molecule has 74 valence electrons. The zero-order valence-electron chi connectivity index (χ0n) is 7.69. The van der Waals surface area contributed by atoms with Gasteiger partial charge >= 0.3 is 11.9 Å². The number of carboxylic acids is 1. The van der Waals surface area contributed by atoms with Crippen molar-refractivity contribution < 1.29 is 19.4 Å². The predicted octanol–water partition coefficient (Wildman–Crippen LogP) is 1.40. The molecule has 0 aliphatic heterocycles. The molecule has 1 N–H and O–H groups in total. The van der Waals surface area contributed by atoms with Gasteiger partial charge in [-0.05, 0) is 6.08 Å². The summed E-state index contributed by atoms with van der Waals surface area (Å²) in [5.74, 6) is -1.11. The third-order valence-corrected chi connectivity index (χ3v) is 1.60. The molecule has 0 saturated carbocycles. The molecule has 0 amide bonds. The molecular formula is C10H10O4. The summed E-state index contributed by atoms with van der Waals surface area (Å²) in [4.78, 5) is 21.3. The van der Waals surface area contributed by atoms with Crippen LogP contribution in [-0.4, -0.2) is 17.0 Å². The lowest BCUT2D eigenvalue weighted by molar-refractivity contribution is -0.138. The van der Waals surface area contributed by atoms with Gasteiger partial charge in [0.15, 0.2) is 0 Å². The number of rotatable bonds is 2. The van der Waals surface area contributed by atoms with Crippen LogP contribution in [0.15, 0.2) is 35.6 Å². The van der Waals surface area contributed by atoms with Gasteiger partial charge in [0.2, 0.25) is 0 Å². The molecule has 1 aliphatic carbocycles. The first-order valence-electron chi connectivity index (χ1n) is 4.07. The lowest BCUT2D eigenvalue weighted by atomic mass is 10.1. The molecule has 0 aromatic rings. The largest absolute Gasteiger partial charge is 0.478 e. The highest BCUT2D eigenvalue weighted by atomic mass is 16.5. The molecule has 0 fully saturated rings. The highest BCUT2D eigenvalue weighted by Gasteiger charge is 2.12. The predicted molar refractivity (Wildman–Crippen MR) is 49.3 cm³/mol. The molecular weight excluding hydrogens is 184 g/mol. The summed E-state index contributed by atoms with van der Waals surface area (Å²) in [6.07, 6.45) is 6.42. The van der Waals surface area contributed by atoms with Crippen molar-refractivity contribution in [3.05, 3.63) is 35.6 Å². The van der Waals surface area contributed by atoms with Gasteiger partial charge in [-0.1, -0.05) is 18.2 Å². The van der Waals surface area contributed by atoms with Gasteiger partial charge in [0.1, 0.15) is 5.76 Å². The summed E-state index contributed by atoms with van der Waals surface area (Å²) in [5.41, 5.74) is 0.200. The molecule has 4 heteroatoms. The molecule has 1 rings (SSSR count). The van der Waals surface area contributed by atoms with Crippen molar-refractivity contribution in [2.24, 2.45) is 0 Å². The fourth-order valence-electron chi connectivity index (χ4n) is 1.04. The van der Waals surface area contributed by atoms with Crippen LogP contribution in [0.4, 0.5) is 0 Å². The molecule has 14 heavy (non-hydrogen) atoms. The minimum atomic E-state index is -1.00. The van der Waals surface area contributed by atoms with Gasteiger partial charge in [0.05, 0.1) is 0 Å². The number of ether oxygens (including phenoxy) is 1. The molecule has 0 saturated heterocycles. The maximum atomic E-state index is 10.7. The fraction of sp³-hybridized carbons (Fsp3) is 0.200. The van der Waals surface area contributed by atoms with Gasteiger partial charge in [-0.3, -0.25) is 4.79 Å². The second-order valence-corrected chi connectivity index (χ2v) is 2.79. The number of allylic oxidation sites excluding steroid dienone is 5. The summed E-state index contributed by atoms with van der Waals surface area (Å²) in [5, 5.41) is 8.75. The van der Waals surface area contributed by atoms with E-state index in [1.165, 1.54) is 13.0 Å². The Labute approximate surface area is 81.2 Å². The lowest BCUT2D eigenvalue weighted by Crippen LogP contribution is -2.05. The minimum Gasteiger partial charge on any atom is -0.478 e. The smallest absolute Gasteiger partial charge is 0.332 e. The van der Waals surface area contributed by atoms with E-state index >= 15 is 0 Å². The van der Waals surface area contributed by atoms with Gasteiger partial charge in [-0.25, -0.2) is 4.79 Å². The Hall–Kier alpha value is -1.84. The Kier molecular flexibility index (Phi) is 3.23. The summed E-state index contributed by atoms with van der Waals surface area (Å²) in [7, 11) is 0. The molecule has 0 aromatic heterocycles. The van der Waals surface area contributed by atoms with Crippen molar-refractivity contribution in [3.63, 3.8) is 0 Å². The van der Waals surface area contributed by atoms with Crippen molar-refractivity contribution in [1.82, 2.24) is 0 Å². The van der Waals surface area contributed by atoms with Crippen LogP contribution < -0.4 is 0 Å². The van der Waals surface area contributed by atoms with E-state index < -0.39 is 11.9 Å². The van der Waals surface area contributed by atoms with Gasteiger partial charge in [0.25, 0.3) is 0 Å². The first-order chi connectivity index (χ1) is 6.59. The van der Waals surface area contributed by atoms with Crippen molar-refractivity contribution in [1.29, 1.82) is 0 Å². The zero-order chi connectivity index (χ0) is 10.6. The van der Waals surface area contributed by atoms with E-state index in [1.54, 1.807) is 18.2 Å². The van der Waals surface area contributed by atoms with Crippen LogP contribution in [0, 0.1) is 0 Å². The summed E-state index contributed by atoms with van der Waals surface area (Å²) < 4.78 is 4.82. The number of esters is 1. The maximum Gasteiger partial charge on any atom is 0.332 e. The van der Waals surface area contributed by atoms with Crippen molar-refractivity contribution in [3.8, 4) is 0 Å². The van der Waals surface area contributed by atoms with E-state index in [0.29, 0.717) is 5.76 Å². The second-order valence-electron chi connectivity index (χ2n) is 2.79. The minimum absolute atomic E-state index is 0.127. The van der Waals surface area contributed by atoms with Crippen LogP contribution in [0.5, 0.6) is 0 Å². The second kappa shape index (κ2) is 4.41. The monoisotopic (exact) mass is 194 g/mol. The van der Waals surface area contributed by atoms with Crippen LogP contribution in [-0.2, 0) is 14.3 Å². The molecule has 0 heterocycles. The molecule has 0 radical (unpaired) electrons. The van der Waals surface area contributed by atoms with Crippen LogP contribution in [0.3, 0.4) is 0 Å². The first-order valence-corrected chi connectivity index (χ1v) is 4.07. The fourth-order valence-corrected chi connectivity index (χ4v) is 1.04. The van der Waals surface area contributed by atoms with E-state index in [4.69, 9.17) is 9.84 Å². The number of hydrogen-bond acceptors (Lipinski definition) is 3. The third-order valence-electron chi connectivity index (χ3n) is 1.60. The van der Waals surface area contributed by atoms with Gasteiger partial charge < -0.3 is 9.84 Å². The first kappa shape index (κ1) is 10.2. The van der Waals surface area contributed by atoms with E-state index in [9.17, 15) is 9.59 Å². The quantitative estimate of drug-likeness (QED) is 0.675. The van der Waals surface area contributed by atoms with Crippen molar-refractivity contribution >= 4 is 11.9 Å². The molecule has 0 aromatic carbocycles. The SMILES string of the molecule is CC(=O)OC1=CC=CC=C(C(=O)O)C1. The third kappa shape index (κ3) is 2.90. The number of hydrogen-bond donors (Lipinski definition) is 1. The van der Waals surface area contributed by atoms with Crippen molar-refractivity contribution in [2.75, 3.05) is 0 Å². The summed E-state index contributed by atoms with van der Waals surface area (Å²) >= 11 is 0. The molecule has 1 aliphatic rings. The zero-order valence-corrected chi connectivity index (χ0v) is 7.69. The van der Waals surface area contributed by atoms with E-state index in [0.717, 1.165) is 0 Å². The summed E-state index contributed by atoms with van der Waals surface area (Å²) in [6.45, 7) is 1.28. The van der Waals surface area contributed by atoms with Crippen LogP contribution in [0.1, 0.15) is 13.3 Å². The maximum absolute atomic E-state index is 10.7.